The molecule has 0 heterocycles. The zero-order valence-corrected chi connectivity index (χ0v) is 10.8. The molecule has 0 aliphatic heterocycles. The van der Waals surface area contributed by atoms with Gasteiger partial charge >= 0.3 is 0 Å². The van der Waals surface area contributed by atoms with Crippen molar-refractivity contribution in [1.29, 1.82) is 0 Å². The Labute approximate surface area is 106 Å². The molecule has 0 heteroatoms. The van der Waals surface area contributed by atoms with Gasteiger partial charge < -0.3 is 0 Å². The molecule has 0 nitrogen and oxygen atoms in total. The van der Waals surface area contributed by atoms with E-state index in [1.54, 1.807) is 5.57 Å². The van der Waals surface area contributed by atoms with Crippen molar-refractivity contribution in [1.82, 2.24) is 0 Å². The van der Waals surface area contributed by atoms with Gasteiger partial charge in [0, 0.05) is 0 Å². The highest BCUT2D eigenvalue weighted by atomic mass is 14.1. The average Bonchev–Trinajstić information content (AvgIpc) is 2.45. The topological polar surface area (TPSA) is 0 Å². The van der Waals surface area contributed by atoms with Crippen molar-refractivity contribution in [3.63, 3.8) is 0 Å². The summed E-state index contributed by atoms with van der Waals surface area (Å²) in [5.41, 5.74) is 3.01. The van der Waals surface area contributed by atoms with Crippen LogP contribution in [0, 0.1) is 0 Å². The van der Waals surface area contributed by atoms with Gasteiger partial charge in [0.05, 0.1) is 0 Å². The van der Waals surface area contributed by atoms with Crippen molar-refractivity contribution >= 4 is 5.57 Å². The molecule has 0 saturated carbocycles. The Morgan fingerprint density at radius 2 is 1.29 bits per heavy atom. The Morgan fingerprint density at radius 3 is 2.06 bits per heavy atom. The highest BCUT2D eigenvalue weighted by Crippen LogP contribution is 2.24. The fraction of sp³-hybridized carbons (Fsp3) is 0.529. The van der Waals surface area contributed by atoms with Crippen molar-refractivity contribution in [3.8, 4) is 0 Å². The minimum atomic E-state index is 1.27. The lowest BCUT2D eigenvalue weighted by molar-refractivity contribution is 0.590. The lowest BCUT2D eigenvalue weighted by Gasteiger charge is -2.07. The van der Waals surface area contributed by atoms with Gasteiger partial charge in [-0.2, -0.15) is 0 Å². The molecule has 1 aromatic carbocycles. The van der Waals surface area contributed by atoms with Crippen LogP contribution in [0.3, 0.4) is 0 Å². The summed E-state index contributed by atoms with van der Waals surface area (Å²) in [4.78, 5) is 0. The molecule has 2 rings (SSSR count). The lowest BCUT2D eigenvalue weighted by Crippen LogP contribution is -1.86. The van der Waals surface area contributed by atoms with Gasteiger partial charge in [-0.05, 0) is 36.8 Å². The zero-order valence-electron chi connectivity index (χ0n) is 10.8. The maximum absolute atomic E-state index is 2.49. The predicted molar refractivity (Wildman–Crippen MR) is 76.0 cm³/mol. The third-order valence-corrected chi connectivity index (χ3v) is 3.69. The fourth-order valence-electron chi connectivity index (χ4n) is 2.64. The fourth-order valence-corrected chi connectivity index (χ4v) is 2.64. The van der Waals surface area contributed by atoms with Gasteiger partial charge in [0.2, 0.25) is 0 Å². The molecule has 0 saturated heterocycles. The van der Waals surface area contributed by atoms with E-state index >= 15 is 0 Å². The molecule has 92 valence electrons. The quantitative estimate of drug-likeness (QED) is 0.587. The first-order valence-corrected chi connectivity index (χ1v) is 7.21. The molecule has 1 aliphatic rings. The van der Waals surface area contributed by atoms with Crippen LogP contribution in [-0.2, 0) is 0 Å². The van der Waals surface area contributed by atoms with E-state index in [9.17, 15) is 0 Å². The second-order valence-electron chi connectivity index (χ2n) is 5.11. The van der Waals surface area contributed by atoms with Gasteiger partial charge in [0.1, 0.15) is 0 Å². The third-order valence-electron chi connectivity index (χ3n) is 3.69. The number of hydrogen-bond acceptors (Lipinski definition) is 0. The van der Waals surface area contributed by atoms with Gasteiger partial charge in [-0.25, -0.2) is 0 Å². The second-order valence-corrected chi connectivity index (χ2v) is 5.11. The average molecular weight is 228 g/mol. The van der Waals surface area contributed by atoms with Crippen LogP contribution >= 0.6 is 0 Å². The zero-order chi connectivity index (χ0) is 11.8. The van der Waals surface area contributed by atoms with E-state index in [-0.39, 0.29) is 0 Å². The molecule has 1 aromatic rings. The normalized spacial score (nSPS) is 22.2. The summed E-state index contributed by atoms with van der Waals surface area (Å²) in [6.07, 6.45) is 14.9. The maximum atomic E-state index is 2.49. The van der Waals surface area contributed by atoms with Crippen LogP contribution in [-0.4, -0.2) is 0 Å². The molecule has 0 aromatic heterocycles. The maximum Gasteiger partial charge on any atom is -0.0228 e. The van der Waals surface area contributed by atoms with Crippen molar-refractivity contribution in [2.75, 3.05) is 0 Å². The Hall–Kier alpha value is -1.04. The summed E-state index contributed by atoms with van der Waals surface area (Å²) in [6.45, 7) is 0. The smallest absolute Gasteiger partial charge is 0.0228 e. The van der Waals surface area contributed by atoms with Crippen molar-refractivity contribution in [2.45, 2.75) is 57.8 Å². The summed E-state index contributed by atoms with van der Waals surface area (Å²) in [5.74, 6) is 0. The Kier molecular flexibility index (Phi) is 5.35. The van der Waals surface area contributed by atoms with E-state index < -0.39 is 0 Å². The first-order valence-electron chi connectivity index (χ1n) is 7.21. The summed E-state index contributed by atoms with van der Waals surface area (Å²) in [6, 6.07) is 10.9. The summed E-state index contributed by atoms with van der Waals surface area (Å²) < 4.78 is 0. The van der Waals surface area contributed by atoms with E-state index in [2.05, 4.69) is 36.4 Å². The highest BCUT2D eigenvalue weighted by molar-refractivity contribution is 5.65. The molecule has 0 N–H and O–H groups in total. The molecule has 0 radical (unpaired) electrons. The molecular formula is C17H24. The van der Waals surface area contributed by atoms with Crippen LogP contribution in [0.5, 0.6) is 0 Å². The SMILES string of the molecule is C1=C(/c2ccccc2)CCCCCCCCC/1. The van der Waals surface area contributed by atoms with Gasteiger partial charge in [-0.3, -0.25) is 0 Å². The van der Waals surface area contributed by atoms with Gasteiger partial charge in [0.25, 0.3) is 0 Å². The molecule has 0 bridgehead atoms. The number of benzene rings is 1. The van der Waals surface area contributed by atoms with Crippen LogP contribution < -0.4 is 0 Å². The van der Waals surface area contributed by atoms with Crippen molar-refractivity contribution in [3.05, 3.63) is 42.0 Å². The monoisotopic (exact) mass is 228 g/mol. The van der Waals surface area contributed by atoms with Crippen LogP contribution in [0.2, 0.25) is 0 Å². The van der Waals surface area contributed by atoms with Gasteiger partial charge in [0.15, 0.2) is 0 Å². The molecule has 0 unspecified atom stereocenters. The van der Waals surface area contributed by atoms with E-state index in [0.29, 0.717) is 0 Å². The molecule has 0 amide bonds. The predicted octanol–water partition coefficient (Wildman–Crippen LogP) is 5.59. The first kappa shape index (κ1) is 12.4. The van der Waals surface area contributed by atoms with Crippen LogP contribution in [0.15, 0.2) is 36.4 Å². The van der Waals surface area contributed by atoms with E-state index in [4.69, 9.17) is 0 Å². The number of rotatable bonds is 1. The molecular weight excluding hydrogens is 204 g/mol. The van der Waals surface area contributed by atoms with E-state index in [1.807, 2.05) is 0 Å². The molecule has 17 heavy (non-hydrogen) atoms. The van der Waals surface area contributed by atoms with Gasteiger partial charge in [-0.15, -0.1) is 0 Å². The minimum Gasteiger partial charge on any atom is -0.0807 e. The summed E-state index contributed by atoms with van der Waals surface area (Å²) in [5, 5.41) is 0. The Bertz CT molecular complexity index is 334. The van der Waals surface area contributed by atoms with Crippen molar-refractivity contribution < 1.29 is 0 Å². The van der Waals surface area contributed by atoms with Gasteiger partial charge in [-0.1, -0.05) is 68.5 Å². The minimum absolute atomic E-state index is 1.27. The number of allylic oxidation sites excluding steroid dienone is 2. The summed E-state index contributed by atoms with van der Waals surface area (Å²) in [7, 11) is 0. The second kappa shape index (κ2) is 7.32. The van der Waals surface area contributed by atoms with Crippen LogP contribution in [0.1, 0.15) is 63.4 Å². The Balaban J connectivity index is 2.03. The van der Waals surface area contributed by atoms with E-state index in [0.717, 1.165) is 0 Å². The summed E-state index contributed by atoms with van der Waals surface area (Å²) >= 11 is 0. The molecule has 0 fully saturated rings. The molecule has 0 spiro atoms. The van der Waals surface area contributed by atoms with Crippen molar-refractivity contribution in [2.24, 2.45) is 0 Å². The largest absolute Gasteiger partial charge is 0.0807 e. The van der Waals surface area contributed by atoms with Crippen LogP contribution in [0.25, 0.3) is 5.57 Å². The standard InChI is InChI=1S/C17H24/c1-2-4-6-9-13-16(12-8-5-3-1)17-14-10-7-11-15-17/h7,10-12,14-15H,1-6,8-9,13H2/b16-12+. The lowest BCUT2D eigenvalue weighted by atomic mass is 9.98. The first-order chi connectivity index (χ1) is 8.47. The highest BCUT2D eigenvalue weighted by Gasteiger charge is 2.02. The Morgan fingerprint density at radius 1 is 0.647 bits per heavy atom. The van der Waals surface area contributed by atoms with E-state index in [1.165, 1.54) is 63.4 Å². The number of hydrogen-bond donors (Lipinski definition) is 0. The molecule has 0 atom stereocenters. The van der Waals surface area contributed by atoms with Crippen LogP contribution in [0.4, 0.5) is 0 Å². The third kappa shape index (κ3) is 4.38. The molecule has 1 aliphatic carbocycles.